The summed E-state index contributed by atoms with van der Waals surface area (Å²) >= 11 is 0. The number of carboxylic acids is 1. The van der Waals surface area contributed by atoms with Crippen LogP contribution in [-0.2, 0) is 4.79 Å². The second-order valence-electron chi connectivity index (χ2n) is 3.24. The van der Waals surface area contributed by atoms with Crippen molar-refractivity contribution in [1.82, 2.24) is 0 Å². The third kappa shape index (κ3) is 2.26. The van der Waals surface area contributed by atoms with Gasteiger partial charge in [-0.25, -0.2) is 4.79 Å². The largest absolute Gasteiger partial charge is 0.507 e. The highest BCUT2D eigenvalue weighted by Crippen LogP contribution is 2.29. The molecule has 0 aliphatic carbocycles. The van der Waals surface area contributed by atoms with E-state index in [-0.39, 0.29) is 11.3 Å². The van der Waals surface area contributed by atoms with Crippen molar-refractivity contribution in [2.45, 2.75) is 19.1 Å². The highest BCUT2D eigenvalue weighted by Gasteiger charge is 2.27. The van der Waals surface area contributed by atoms with E-state index in [1.54, 1.807) is 19.1 Å². The van der Waals surface area contributed by atoms with E-state index in [2.05, 4.69) is 0 Å². The summed E-state index contributed by atoms with van der Waals surface area (Å²) in [5.41, 5.74) is 0.508. The highest BCUT2D eigenvalue weighted by atomic mass is 16.4. The van der Waals surface area contributed by atoms with Crippen LogP contribution in [0.25, 0.3) is 0 Å². The maximum absolute atomic E-state index is 10.4. The van der Waals surface area contributed by atoms with Gasteiger partial charge in [-0.3, -0.25) is 0 Å². The fraction of sp³-hybridized carbons (Fsp3) is 0.300. The van der Waals surface area contributed by atoms with Crippen molar-refractivity contribution < 1.29 is 25.2 Å². The van der Waals surface area contributed by atoms with Crippen molar-refractivity contribution in [1.29, 1.82) is 0 Å². The number of phenols is 1. The number of para-hydroxylation sites is 1. The molecule has 0 heterocycles. The van der Waals surface area contributed by atoms with Crippen LogP contribution < -0.4 is 0 Å². The Labute approximate surface area is 86.2 Å². The Bertz CT molecular complexity index is 374. The molecule has 15 heavy (non-hydrogen) atoms. The Hall–Kier alpha value is -1.59. The molecule has 0 aliphatic rings. The number of aliphatic carboxylic acids is 1. The van der Waals surface area contributed by atoms with E-state index in [1.165, 1.54) is 6.07 Å². The van der Waals surface area contributed by atoms with Crippen molar-refractivity contribution in [2.75, 3.05) is 0 Å². The number of phenolic OH excluding ortho intramolecular Hbond substituents is 1. The number of aliphatic hydroxyl groups excluding tert-OH is 2. The summed E-state index contributed by atoms with van der Waals surface area (Å²) in [6.07, 6.45) is -3.58. The van der Waals surface area contributed by atoms with Gasteiger partial charge in [-0.05, 0) is 12.5 Å². The Morgan fingerprint density at radius 3 is 2.47 bits per heavy atom. The number of carboxylic acid groups (broad SMARTS) is 1. The normalized spacial score (nSPS) is 14.6. The van der Waals surface area contributed by atoms with Gasteiger partial charge in [0.2, 0.25) is 0 Å². The standard InChI is InChI=1S/C10H12O5/c1-5-3-2-4-6(7(5)11)8(12)9(13)10(14)15/h2-4,8-9,11-13H,1H3,(H,14,15). The van der Waals surface area contributed by atoms with Gasteiger partial charge in [-0.15, -0.1) is 0 Å². The predicted molar refractivity (Wildman–Crippen MR) is 51.4 cm³/mol. The molecule has 1 rings (SSSR count). The molecule has 5 nitrogen and oxygen atoms in total. The van der Waals surface area contributed by atoms with E-state index in [1.807, 2.05) is 0 Å². The van der Waals surface area contributed by atoms with Crippen LogP contribution in [0.15, 0.2) is 18.2 Å². The first-order chi connectivity index (χ1) is 6.95. The molecule has 0 amide bonds. The van der Waals surface area contributed by atoms with Crippen molar-refractivity contribution in [2.24, 2.45) is 0 Å². The molecule has 0 fully saturated rings. The average molecular weight is 212 g/mol. The van der Waals surface area contributed by atoms with Gasteiger partial charge < -0.3 is 20.4 Å². The van der Waals surface area contributed by atoms with Crippen molar-refractivity contribution in [3.63, 3.8) is 0 Å². The molecule has 0 saturated carbocycles. The molecule has 5 heteroatoms. The van der Waals surface area contributed by atoms with Crippen molar-refractivity contribution in [3.8, 4) is 5.75 Å². The Morgan fingerprint density at radius 1 is 1.33 bits per heavy atom. The minimum absolute atomic E-state index is 0.00454. The van der Waals surface area contributed by atoms with Gasteiger partial charge in [0.25, 0.3) is 0 Å². The van der Waals surface area contributed by atoms with Crippen LogP contribution in [0, 0.1) is 6.92 Å². The molecule has 0 spiro atoms. The summed E-state index contributed by atoms with van der Waals surface area (Å²) in [4.78, 5) is 10.4. The van der Waals surface area contributed by atoms with Gasteiger partial charge in [0.15, 0.2) is 6.10 Å². The van der Waals surface area contributed by atoms with Gasteiger partial charge in [-0.1, -0.05) is 18.2 Å². The first-order valence-corrected chi connectivity index (χ1v) is 4.32. The lowest BCUT2D eigenvalue weighted by Crippen LogP contribution is -2.27. The molecule has 1 aromatic carbocycles. The zero-order valence-electron chi connectivity index (χ0n) is 8.08. The third-order valence-corrected chi connectivity index (χ3v) is 2.14. The maximum atomic E-state index is 10.4. The molecule has 0 saturated heterocycles. The molecule has 82 valence electrons. The second-order valence-corrected chi connectivity index (χ2v) is 3.24. The Balaban J connectivity index is 3.06. The molecule has 0 radical (unpaired) electrons. The first-order valence-electron chi connectivity index (χ1n) is 4.32. The molecule has 2 atom stereocenters. The number of aliphatic hydroxyl groups is 2. The SMILES string of the molecule is Cc1cccc(C(O)C(O)C(=O)O)c1O. The fourth-order valence-electron chi connectivity index (χ4n) is 1.23. The number of aryl methyl sites for hydroxylation is 1. The fourth-order valence-corrected chi connectivity index (χ4v) is 1.23. The summed E-state index contributed by atoms with van der Waals surface area (Å²) in [7, 11) is 0. The molecular formula is C10H12O5. The minimum Gasteiger partial charge on any atom is -0.507 e. The van der Waals surface area contributed by atoms with E-state index in [0.717, 1.165) is 0 Å². The first kappa shape index (κ1) is 11.5. The molecule has 1 aromatic rings. The van der Waals surface area contributed by atoms with E-state index in [0.29, 0.717) is 5.56 Å². The Kier molecular flexibility index (Phi) is 3.28. The number of rotatable bonds is 3. The van der Waals surface area contributed by atoms with Crippen LogP contribution in [0.4, 0.5) is 0 Å². The van der Waals surface area contributed by atoms with Crippen LogP contribution in [0.1, 0.15) is 17.2 Å². The van der Waals surface area contributed by atoms with Crippen LogP contribution in [-0.4, -0.2) is 32.5 Å². The van der Waals surface area contributed by atoms with Crippen LogP contribution in [0.2, 0.25) is 0 Å². The predicted octanol–water partition coefficient (Wildman–Crippen LogP) is 0.180. The lowest BCUT2D eigenvalue weighted by molar-refractivity contribution is -0.153. The van der Waals surface area contributed by atoms with E-state index < -0.39 is 18.2 Å². The zero-order chi connectivity index (χ0) is 11.6. The number of aromatic hydroxyl groups is 1. The van der Waals surface area contributed by atoms with E-state index in [9.17, 15) is 15.0 Å². The van der Waals surface area contributed by atoms with Crippen molar-refractivity contribution >= 4 is 5.97 Å². The highest BCUT2D eigenvalue weighted by molar-refractivity contribution is 5.73. The molecular weight excluding hydrogens is 200 g/mol. The third-order valence-electron chi connectivity index (χ3n) is 2.14. The molecule has 0 aromatic heterocycles. The number of hydrogen-bond donors (Lipinski definition) is 4. The molecule has 0 bridgehead atoms. The summed E-state index contributed by atoms with van der Waals surface area (Å²) < 4.78 is 0. The van der Waals surface area contributed by atoms with Crippen molar-refractivity contribution in [3.05, 3.63) is 29.3 Å². The summed E-state index contributed by atoms with van der Waals surface area (Å²) in [6.45, 7) is 1.61. The maximum Gasteiger partial charge on any atom is 0.335 e. The lowest BCUT2D eigenvalue weighted by atomic mass is 10.0. The monoisotopic (exact) mass is 212 g/mol. The summed E-state index contributed by atoms with van der Waals surface area (Å²) in [5.74, 6) is -1.74. The average Bonchev–Trinajstić information content (AvgIpc) is 2.20. The summed E-state index contributed by atoms with van der Waals surface area (Å²) in [5, 5.41) is 36.6. The van der Waals surface area contributed by atoms with Crippen LogP contribution in [0.5, 0.6) is 5.75 Å². The van der Waals surface area contributed by atoms with Gasteiger partial charge in [-0.2, -0.15) is 0 Å². The van der Waals surface area contributed by atoms with Gasteiger partial charge in [0, 0.05) is 5.56 Å². The quantitative estimate of drug-likeness (QED) is 0.573. The number of carbonyl (C=O) groups is 1. The van der Waals surface area contributed by atoms with Gasteiger partial charge in [0.1, 0.15) is 11.9 Å². The smallest absolute Gasteiger partial charge is 0.335 e. The Morgan fingerprint density at radius 2 is 1.93 bits per heavy atom. The van der Waals surface area contributed by atoms with Gasteiger partial charge >= 0.3 is 5.97 Å². The van der Waals surface area contributed by atoms with Crippen LogP contribution >= 0.6 is 0 Å². The van der Waals surface area contributed by atoms with Gasteiger partial charge in [0.05, 0.1) is 0 Å². The van der Waals surface area contributed by atoms with Crippen LogP contribution in [0.3, 0.4) is 0 Å². The zero-order valence-corrected chi connectivity index (χ0v) is 8.08. The molecule has 0 aliphatic heterocycles. The number of hydrogen-bond acceptors (Lipinski definition) is 4. The lowest BCUT2D eigenvalue weighted by Gasteiger charge is -2.16. The molecule has 4 N–H and O–H groups in total. The number of benzene rings is 1. The van der Waals surface area contributed by atoms with E-state index in [4.69, 9.17) is 10.2 Å². The van der Waals surface area contributed by atoms with E-state index >= 15 is 0 Å². The molecule has 2 unspecified atom stereocenters. The second kappa shape index (κ2) is 4.29. The summed E-state index contributed by atoms with van der Waals surface area (Å²) in [6, 6.07) is 4.53. The minimum atomic E-state index is -1.95. The topological polar surface area (TPSA) is 98.0 Å².